The van der Waals surface area contributed by atoms with Crippen molar-refractivity contribution in [2.45, 2.75) is 27.3 Å². The average Bonchev–Trinajstić information content (AvgIpc) is 3.23. The third kappa shape index (κ3) is 3.70. The third-order valence-electron chi connectivity index (χ3n) is 6.30. The Morgan fingerprint density at radius 1 is 0.935 bits per heavy atom. The quantitative estimate of drug-likeness (QED) is 0.527. The lowest BCUT2D eigenvalue weighted by Gasteiger charge is -2.36. The number of fused-ring (bicyclic) bond motifs is 3. The van der Waals surface area contributed by atoms with Crippen molar-refractivity contribution in [1.29, 1.82) is 0 Å². The smallest absolute Gasteiger partial charge is 0.228 e. The molecule has 0 saturated carbocycles. The van der Waals surface area contributed by atoms with Crippen LogP contribution in [0.15, 0.2) is 42.9 Å². The predicted octanol–water partition coefficient (Wildman–Crippen LogP) is 4.19. The Balaban J connectivity index is 1.41. The van der Waals surface area contributed by atoms with Gasteiger partial charge < -0.3 is 19.7 Å². The number of hydrogen-bond donors (Lipinski definition) is 1. The first-order chi connectivity index (χ1) is 15.2. The summed E-state index contributed by atoms with van der Waals surface area (Å²) in [5.74, 6) is 1.34. The summed E-state index contributed by atoms with van der Waals surface area (Å²) in [6.07, 6.45) is 5.97. The van der Waals surface area contributed by atoms with E-state index in [2.05, 4.69) is 80.9 Å². The predicted molar refractivity (Wildman–Crippen MR) is 127 cm³/mol. The highest BCUT2D eigenvalue weighted by molar-refractivity contribution is 6.03. The Labute approximate surface area is 182 Å². The van der Waals surface area contributed by atoms with Crippen LogP contribution in [0.1, 0.15) is 19.4 Å². The topological polar surface area (TPSA) is 62.1 Å². The number of likely N-dealkylation sites (N-methyl/N-ethyl adjacent to an activating group) is 1. The van der Waals surface area contributed by atoms with E-state index >= 15 is 0 Å². The third-order valence-corrected chi connectivity index (χ3v) is 6.30. The first kappa shape index (κ1) is 19.8. The van der Waals surface area contributed by atoms with Crippen LogP contribution < -0.4 is 10.2 Å². The van der Waals surface area contributed by atoms with Gasteiger partial charge >= 0.3 is 0 Å². The van der Waals surface area contributed by atoms with Crippen LogP contribution in [0.3, 0.4) is 0 Å². The summed E-state index contributed by atoms with van der Waals surface area (Å²) in [6, 6.07) is 8.43. The van der Waals surface area contributed by atoms with Gasteiger partial charge in [-0.3, -0.25) is 0 Å². The van der Waals surface area contributed by atoms with Crippen molar-refractivity contribution >= 4 is 39.3 Å². The van der Waals surface area contributed by atoms with Crippen LogP contribution in [0.25, 0.3) is 21.8 Å². The van der Waals surface area contributed by atoms with Gasteiger partial charge in [0, 0.05) is 55.9 Å². The molecule has 1 aromatic carbocycles. The van der Waals surface area contributed by atoms with Crippen LogP contribution in [0.4, 0.5) is 17.5 Å². The second-order valence-corrected chi connectivity index (χ2v) is 8.14. The molecule has 3 aromatic heterocycles. The molecule has 1 aliphatic heterocycles. The highest BCUT2D eigenvalue weighted by Gasteiger charge is 2.18. The molecule has 0 atom stereocenters. The van der Waals surface area contributed by atoms with Gasteiger partial charge in [-0.15, -0.1) is 0 Å². The van der Waals surface area contributed by atoms with E-state index in [1.807, 2.05) is 12.4 Å². The Morgan fingerprint density at radius 3 is 2.48 bits per heavy atom. The number of nitrogens with zero attached hydrogens (tertiary/aromatic N) is 6. The van der Waals surface area contributed by atoms with Gasteiger partial charge in [-0.05, 0) is 38.1 Å². The van der Waals surface area contributed by atoms with Crippen molar-refractivity contribution in [2.24, 2.45) is 0 Å². The van der Waals surface area contributed by atoms with Crippen LogP contribution in [0, 0.1) is 6.92 Å². The molecule has 1 saturated heterocycles. The Kier molecular flexibility index (Phi) is 5.19. The molecule has 1 aliphatic rings. The average molecular weight is 416 g/mol. The van der Waals surface area contributed by atoms with Crippen molar-refractivity contribution in [3.05, 3.63) is 48.4 Å². The highest BCUT2D eigenvalue weighted by Crippen LogP contribution is 2.27. The van der Waals surface area contributed by atoms with E-state index in [9.17, 15) is 0 Å². The Hall–Kier alpha value is -3.19. The van der Waals surface area contributed by atoms with Gasteiger partial charge in [0.25, 0.3) is 0 Å². The lowest BCUT2D eigenvalue weighted by atomic mass is 10.2. The lowest BCUT2D eigenvalue weighted by molar-refractivity contribution is 0.271. The molecule has 0 bridgehead atoms. The first-order valence-electron chi connectivity index (χ1n) is 11.1. The van der Waals surface area contributed by atoms with Crippen LogP contribution in [0.5, 0.6) is 0 Å². The lowest BCUT2D eigenvalue weighted by Crippen LogP contribution is -2.46. The van der Waals surface area contributed by atoms with E-state index in [0.717, 1.165) is 61.5 Å². The monoisotopic (exact) mass is 415 g/mol. The van der Waals surface area contributed by atoms with Gasteiger partial charge in [0.05, 0.1) is 17.4 Å². The molecule has 7 nitrogen and oxygen atoms in total. The summed E-state index contributed by atoms with van der Waals surface area (Å²) in [5, 5.41) is 5.54. The van der Waals surface area contributed by atoms with Gasteiger partial charge in [0.2, 0.25) is 5.95 Å². The summed E-state index contributed by atoms with van der Waals surface area (Å²) >= 11 is 0. The van der Waals surface area contributed by atoms with Crippen molar-refractivity contribution in [1.82, 2.24) is 24.4 Å². The Morgan fingerprint density at radius 2 is 1.74 bits per heavy atom. The number of piperazine rings is 1. The number of aryl methyl sites for hydroxylation is 2. The fraction of sp³-hybridized carbons (Fsp3) is 0.375. The van der Waals surface area contributed by atoms with Crippen LogP contribution in [-0.4, -0.2) is 57.1 Å². The van der Waals surface area contributed by atoms with E-state index in [1.54, 1.807) is 0 Å². The minimum Gasteiger partial charge on any atom is -0.368 e. The molecular weight excluding hydrogens is 386 g/mol. The van der Waals surface area contributed by atoms with Gasteiger partial charge in [-0.2, -0.15) is 0 Å². The molecule has 0 spiro atoms. The maximum atomic E-state index is 4.84. The first-order valence-corrected chi connectivity index (χ1v) is 11.1. The number of aromatic nitrogens is 4. The van der Waals surface area contributed by atoms with E-state index in [4.69, 9.17) is 4.98 Å². The second kappa shape index (κ2) is 8.15. The summed E-state index contributed by atoms with van der Waals surface area (Å²) < 4.78 is 2.23. The molecular formula is C24H29N7. The zero-order chi connectivity index (χ0) is 21.4. The van der Waals surface area contributed by atoms with Crippen LogP contribution >= 0.6 is 0 Å². The van der Waals surface area contributed by atoms with Gasteiger partial charge in [-0.25, -0.2) is 15.0 Å². The minimum absolute atomic E-state index is 0.570. The highest BCUT2D eigenvalue weighted by atomic mass is 15.3. The SMILES string of the molecule is CCN1CCN(c2cnc(Nc3ncc4ccc5ccn(CC)c5c4n3)cc2C)CC1. The molecule has 0 amide bonds. The number of anilines is 3. The molecule has 1 N–H and O–H groups in total. The summed E-state index contributed by atoms with van der Waals surface area (Å²) in [5.41, 5.74) is 4.54. The standard InChI is InChI=1S/C24H29N7/c1-4-29-10-12-31(13-11-29)20-16-25-21(14-17(20)3)27-24-26-15-19-7-6-18-8-9-30(5-2)23(18)22(19)28-24/h6-9,14-16H,4-5,10-13H2,1-3H3,(H,25,26,27,28). The summed E-state index contributed by atoms with van der Waals surface area (Å²) in [7, 11) is 0. The maximum absolute atomic E-state index is 4.84. The molecule has 160 valence electrons. The molecule has 0 radical (unpaired) electrons. The molecule has 4 heterocycles. The molecule has 7 heteroatoms. The van der Waals surface area contributed by atoms with E-state index in [-0.39, 0.29) is 0 Å². The molecule has 0 unspecified atom stereocenters. The van der Waals surface area contributed by atoms with Gasteiger partial charge in [-0.1, -0.05) is 19.1 Å². The fourth-order valence-electron chi connectivity index (χ4n) is 4.47. The number of pyridine rings is 1. The van der Waals surface area contributed by atoms with Gasteiger partial charge in [0.1, 0.15) is 11.3 Å². The molecule has 4 aromatic rings. The van der Waals surface area contributed by atoms with E-state index in [1.165, 1.54) is 16.6 Å². The summed E-state index contributed by atoms with van der Waals surface area (Å²) in [4.78, 5) is 18.9. The van der Waals surface area contributed by atoms with Gasteiger partial charge in [0.15, 0.2) is 0 Å². The largest absolute Gasteiger partial charge is 0.368 e. The normalized spacial score (nSPS) is 15.1. The molecule has 5 rings (SSSR count). The molecule has 0 aliphatic carbocycles. The Bertz CT molecular complexity index is 1220. The second-order valence-electron chi connectivity index (χ2n) is 8.14. The fourth-order valence-corrected chi connectivity index (χ4v) is 4.47. The van der Waals surface area contributed by atoms with Crippen LogP contribution in [-0.2, 0) is 6.54 Å². The number of benzene rings is 1. The zero-order valence-corrected chi connectivity index (χ0v) is 18.5. The van der Waals surface area contributed by atoms with E-state index < -0.39 is 0 Å². The number of rotatable bonds is 5. The van der Waals surface area contributed by atoms with Crippen molar-refractivity contribution in [3.8, 4) is 0 Å². The van der Waals surface area contributed by atoms with Crippen molar-refractivity contribution < 1.29 is 0 Å². The van der Waals surface area contributed by atoms with Crippen LogP contribution in [0.2, 0.25) is 0 Å². The summed E-state index contributed by atoms with van der Waals surface area (Å²) in [6.45, 7) is 12.8. The van der Waals surface area contributed by atoms with E-state index in [0.29, 0.717) is 5.95 Å². The van der Waals surface area contributed by atoms with Crippen molar-refractivity contribution in [3.63, 3.8) is 0 Å². The molecule has 31 heavy (non-hydrogen) atoms. The number of hydrogen-bond acceptors (Lipinski definition) is 6. The number of nitrogens with one attached hydrogen (secondary N) is 1. The molecule has 1 fully saturated rings. The maximum Gasteiger partial charge on any atom is 0.228 e. The minimum atomic E-state index is 0.570. The zero-order valence-electron chi connectivity index (χ0n) is 18.5. The van der Waals surface area contributed by atoms with Crippen molar-refractivity contribution in [2.75, 3.05) is 42.9 Å².